The number of esters is 2. The summed E-state index contributed by atoms with van der Waals surface area (Å²) in [4.78, 5) is 38.2. The third kappa shape index (κ3) is 27.7. The number of carbonyl (C=O) groups excluding carboxylic acids is 3. The van der Waals surface area contributed by atoms with Crippen LogP contribution in [0.15, 0.2) is 24.3 Å². The minimum absolute atomic E-state index is 0.0662. The van der Waals surface area contributed by atoms with Crippen LogP contribution in [-0.2, 0) is 23.8 Å². The van der Waals surface area contributed by atoms with Crippen LogP contribution >= 0.6 is 0 Å². The van der Waals surface area contributed by atoms with Crippen LogP contribution in [0.2, 0.25) is 0 Å². The van der Waals surface area contributed by atoms with Gasteiger partial charge in [0.25, 0.3) is 0 Å². The molecule has 0 amide bonds. The molecule has 0 N–H and O–H groups in total. The van der Waals surface area contributed by atoms with E-state index in [1.54, 1.807) is 12.1 Å². The molecular formula is C44H76O7. The normalized spacial score (nSPS) is 11.8. The van der Waals surface area contributed by atoms with Crippen molar-refractivity contribution >= 4 is 18.1 Å². The van der Waals surface area contributed by atoms with Gasteiger partial charge in [-0.3, -0.25) is 9.59 Å². The van der Waals surface area contributed by atoms with Gasteiger partial charge in [0, 0.05) is 6.42 Å². The predicted molar refractivity (Wildman–Crippen MR) is 209 cm³/mol. The summed E-state index contributed by atoms with van der Waals surface area (Å²) < 4.78 is 22.2. The van der Waals surface area contributed by atoms with Crippen molar-refractivity contribution < 1.29 is 33.3 Å². The van der Waals surface area contributed by atoms with Crippen LogP contribution in [-0.4, -0.2) is 37.9 Å². The predicted octanol–water partition coefficient (Wildman–Crippen LogP) is 13.0. The molecule has 1 atom stereocenters. The van der Waals surface area contributed by atoms with E-state index in [0.717, 1.165) is 63.4 Å². The third-order valence-electron chi connectivity index (χ3n) is 9.85. The molecular weight excluding hydrogens is 640 g/mol. The lowest BCUT2D eigenvalue weighted by atomic mass is 9.94. The Morgan fingerprint density at radius 2 is 0.980 bits per heavy atom. The van der Waals surface area contributed by atoms with Crippen molar-refractivity contribution in [2.24, 2.45) is 11.8 Å². The average Bonchev–Trinajstić information content (AvgIpc) is 3.12. The maximum atomic E-state index is 13.3. The van der Waals surface area contributed by atoms with E-state index in [9.17, 15) is 14.4 Å². The summed E-state index contributed by atoms with van der Waals surface area (Å²) in [6, 6.07) is 7.20. The zero-order valence-corrected chi connectivity index (χ0v) is 33.3. The first-order chi connectivity index (χ1) is 24.9. The van der Waals surface area contributed by atoms with Gasteiger partial charge in [0.1, 0.15) is 5.75 Å². The summed E-state index contributed by atoms with van der Waals surface area (Å²) >= 11 is 0. The van der Waals surface area contributed by atoms with Gasteiger partial charge in [-0.2, -0.15) is 0 Å². The smallest absolute Gasteiger partial charge is 0.466 e. The highest BCUT2D eigenvalue weighted by Gasteiger charge is 2.21. The van der Waals surface area contributed by atoms with Crippen molar-refractivity contribution in [1.82, 2.24) is 0 Å². The van der Waals surface area contributed by atoms with Gasteiger partial charge in [0.2, 0.25) is 0 Å². The summed E-state index contributed by atoms with van der Waals surface area (Å²) in [6.45, 7) is 9.24. The molecule has 0 fully saturated rings. The summed E-state index contributed by atoms with van der Waals surface area (Å²) in [5, 5.41) is 0. The van der Waals surface area contributed by atoms with Gasteiger partial charge in [-0.05, 0) is 57.1 Å². The van der Waals surface area contributed by atoms with Crippen molar-refractivity contribution in [3.63, 3.8) is 0 Å². The van der Waals surface area contributed by atoms with Gasteiger partial charge in [-0.1, -0.05) is 167 Å². The highest BCUT2D eigenvalue weighted by molar-refractivity contribution is 5.72. The van der Waals surface area contributed by atoms with Gasteiger partial charge in [0.05, 0.1) is 25.7 Å². The monoisotopic (exact) mass is 717 g/mol. The summed E-state index contributed by atoms with van der Waals surface area (Å²) in [5.74, 6) is -0.0794. The van der Waals surface area contributed by atoms with Crippen LogP contribution in [0.4, 0.5) is 4.79 Å². The second kappa shape index (κ2) is 33.3. The Balaban J connectivity index is 2.59. The molecule has 1 unspecified atom stereocenters. The number of hydrogen-bond acceptors (Lipinski definition) is 7. The Kier molecular flexibility index (Phi) is 30.3. The Hall–Kier alpha value is -2.57. The van der Waals surface area contributed by atoms with Gasteiger partial charge < -0.3 is 18.9 Å². The van der Waals surface area contributed by atoms with Crippen LogP contribution < -0.4 is 4.74 Å². The van der Waals surface area contributed by atoms with Crippen LogP contribution in [0.5, 0.6) is 5.75 Å². The Morgan fingerprint density at radius 3 is 1.49 bits per heavy atom. The van der Waals surface area contributed by atoms with Crippen molar-refractivity contribution in [3.05, 3.63) is 29.8 Å². The molecule has 0 saturated heterocycles. The standard InChI is InChI=1S/C44H76O7/c1-5-8-11-14-17-18-19-22-25-28-42(45)48-35-33-39(37-50-44(47)51-41-31-29-38(4)30-32-41)34-36-49-43(46)40(26-23-20-15-12-9-6-2)27-24-21-16-13-10-7-3/h29-32,39-40H,5-28,33-37H2,1-4H3. The molecule has 294 valence electrons. The molecule has 0 saturated carbocycles. The largest absolute Gasteiger partial charge is 0.513 e. The fourth-order valence-corrected chi connectivity index (χ4v) is 6.39. The molecule has 0 aliphatic carbocycles. The molecule has 0 spiro atoms. The van der Waals surface area contributed by atoms with E-state index < -0.39 is 6.16 Å². The van der Waals surface area contributed by atoms with Crippen LogP contribution in [0.25, 0.3) is 0 Å². The van der Waals surface area contributed by atoms with Crippen molar-refractivity contribution in [2.75, 3.05) is 19.8 Å². The maximum absolute atomic E-state index is 13.3. The highest BCUT2D eigenvalue weighted by Crippen LogP contribution is 2.22. The number of aryl methyl sites for hydroxylation is 1. The van der Waals surface area contributed by atoms with Gasteiger partial charge >= 0.3 is 18.1 Å². The minimum Gasteiger partial charge on any atom is -0.466 e. The first-order valence-electron chi connectivity index (χ1n) is 21.1. The van der Waals surface area contributed by atoms with Crippen molar-refractivity contribution in [3.8, 4) is 5.75 Å². The molecule has 0 aliphatic rings. The molecule has 7 nitrogen and oxygen atoms in total. The van der Waals surface area contributed by atoms with E-state index >= 15 is 0 Å². The second-order valence-electron chi connectivity index (χ2n) is 14.7. The van der Waals surface area contributed by atoms with E-state index in [-0.39, 0.29) is 43.6 Å². The fraction of sp³-hybridized carbons (Fsp3) is 0.795. The fourth-order valence-electron chi connectivity index (χ4n) is 6.39. The molecule has 7 heteroatoms. The van der Waals surface area contributed by atoms with Gasteiger partial charge in [0.15, 0.2) is 0 Å². The molecule has 0 bridgehead atoms. The summed E-state index contributed by atoms with van der Waals surface area (Å²) in [5.41, 5.74) is 1.07. The molecule has 1 rings (SSSR count). The van der Waals surface area contributed by atoms with E-state index in [1.807, 2.05) is 19.1 Å². The van der Waals surface area contributed by atoms with Crippen LogP contribution in [0.3, 0.4) is 0 Å². The lowest BCUT2D eigenvalue weighted by Gasteiger charge is -2.19. The Bertz CT molecular complexity index is 960. The molecule has 51 heavy (non-hydrogen) atoms. The molecule has 0 heterocycles. The number of carbonyl (C=O) groups is 3. The summed E-state index contributed by atoms with van der Waals surface area (Å²) in [7, 11) is 0. The minimum atomic E-state index is -0.777. The van der Waals surface area contributed by atoms with Crippen molar-refractivity contribution in [1.29, 1.82) is 0 Å². The van der Waals surface area contributed by atoms with E-state index in [4.69, 9.17) is 18.9 Å². The lowest BCUT2D eigenvalue weighted by molar-refractivity contribution is -0.149. The van der Waals surface area contributed by atoms with E-state index in [1.165, 1.54) is 89.9 Å². The van der Waals surface area contributed by atoms with Crippen LogP contribution in [0.1, 0.15) is 193 Å². The number of unbranched alkanes of at least 4 members (excludes halogenated alkanes) is 18. The molecule has 1 aromatic carbocycles. The number of benzene rings is 1. The number of rotatable bonds is 34. The maximum Gasteiger partial charge on any atom is 0.513 e. The number of hydrogen-bond donors (Lipinski definition) is 0. The highest BCUT2D eigenvalue weighted by atomic mass is 16.7. The zero-order chi connectivity index (χ0) is 37.2. The van der Waals surface area contributed by atoms with Gasteiger partial charge in [-0.25, -0.2) is 4.79 Å². The first kappa shape index (κ1) is 46.5. The average molecular weight is 717 g/mol. The van der Waals surface area contributed by atoms with E-state index in [2.05, 4.69) is 20.8 Å². The van der Waals surface area contributed by atoms with Gasteiger partial charge in [-0.15, -0.1) is 0 Å². The van der Waals surface area contributed by atoms with Crippen LogP contribution in [0, 0.1) is 18.8 Å². The molecule has 0 aromatic heterocycles. The topological polar surface area (TPSA) is 88.1 Å². The first-order valence-corrected chi connectivity index (χ1v) is 21.1. The molecule has 1 aromatic rings. The Morgan fingerprint density at radius 1 is 0.529 bits per heavy atom. The quantitative estimate of drug-likeness (QED) is 0.0303. The zero-order valence-electron chi connectivity index (χ0n) is 33.3. The summed E-state index contributed by atoms with van der Waals surface area (Å²) in [6.07, 6.45) is 27.7. The third-order valence-corrected chi connectivity index (χ3v) is 9.85. The lowest BCUT2D eigenvalue weighted by Crippen LogP contribution is -2.23. The SMILES string of the molecule is CCCCCCCCCCCC(=O)OCCC(CCOC(=O)C(CCCCCCCC)CCCCCCCC)COC(=O)Oc1ccc(C)cc1. The number of ether oxygens (including phenoxy) is 4. The van der Waals surface area contributed by atoms with Crippen molar-refractivity contribution in [2.45, 2.75) is 195 Å². The van der Waals surface area contributed by atoms with E-state index in [0.29, 0.717) is 25.0 Å². The molecule has 0 radical (unpaired) electrons. The second-order valence-corrected chi connectivity index (χ2v) is 14.7. The molecule has 0 aliphatic heterocycles. The Labute approximate surface area is 312 Å².